The number of ether oxygens (including phenoxy) is 1. The highest BCUT2D eigenvalue weighted by Gasteiger charge is 2.46. The third kappa shape index (κ3) is 3.69. The van der Waals surface area contributed by atoms with Gasteiger partial charge in [0, 0.05) is 12.1 Å². The molecule has 0 saturated carbocycles. The first-order valence-electron chi connectivity index (χ1n) is 8.00. The highest BCUT2D eigenvalue weighted by molar-refractivity contribution is 7.89. The van der Waals surface area contributed by atoms with Gasteiger partial charge in [-0.15, -0.1) is 0 Å². The van der Waals surface area contributed by atoms with Crippen molar-refractivity contribution in [3.05, 3.63) is 59.9 Å². The molecule has 0 unspecified atom stereocenters. The molecule has 3 rings (SSSR count). The number of amides is 1. The van der Waals surface area contributed by atoms with Crippen LogP contribution in [0.1, 0.15) is 18.0 Å². The molecule has 0 spiro atoms. The second kappa shape index (κ2) is 7.09. The van der Waals surface area contributed by atoms with Crippen LogP contribution in [0.2, 0.25) is 0 Å². The smallest absolute Gasteiger partial charge is 0.311 e. The first-order valence-corrected chi connectivity index (χ1v) is 9.55. The van der Waals surface area contributed by atoms with Gasteiger partial charge in [-0.25, -0.2) is 17.9 Å². The van der Waals surface area contributed by atoms with E-state index in [1.54, 1.807) is 0 Å². The standard InChI is InChI=1S/C18H17FN2O5S/c1-26-18(23)15-10-16(22)21(17(15)11-2-4-12(19)5-3-11)13-6-8-14(9-7-13)27(20,24)25/h2-9,15,17H,10H2,1H3,(H2,20,24,25)/t15-,17+/m1/s1. The molecule has 0 aromatic heterocycles. The van der Waals surface area contributed by atoms with E-state index >= 15 is 0 Å². The topological polar surface area (TPSA) is 107 Å². The third-order valence-corrected chi connectivity index (χ3v) is 5.41. The predicted octanol–water partition coefficient (Wildman–Crippen LogP) is 1.74. The molecule has 7 nitrogen and oxygen atoms in total. The lowest BCUT2D eigenvalue weighted by atomic mass is 9.93. The summed E-state index contributed by atoms with van der Waals surface area (Å²) in [5.74, 6) is -2.10. The van der Waals surface area contributed by atoms with E-state index in [0.717, 1.165) is 0 Å². The van der Waals surface area contributed by atoms with Crippen molar-refractivity contribution in [2.75, 3.05) is 12.0 Å². The highest BCUT2D eigenvalue weighted by Crippen LogP contribution is 2.42. The van der Waals surface area contributed by atoms with Crippen LogP contribution in [0.25, 0.3) is 0 Å². The highest BCUT2D eigenvalue weighted by atomic mass is 32.2. The van der Waals surface area contributed by atoms with Crippen molar-refractivity contribution in [3.63, 3.8) is 0 Å². The number of benzene rings is 2. The maximum Gasteiger partial charge on any atom is 0.311 e. The van der Waals surface area contributed by atoms with Gasteiger partial charge in [-0.2, -0.15) is 0 Å². The minimum absolute atomic E-state index is 0.0777. The molecule has 1 amide bonds. The number of hydrogen-bond donors (Lipinski definition) is 1. The van der Waals surface area contributed by atoms with Crippen molar-refractivity contribution < 1.29 is 27.1 Å². The molecule has 1 fully saturated rings. The van der Waals surface area contributed by atoms with Crippen LogP contribution in [0.15, 0.2) is 53.4 Å². The van der Waals surface area contributed by atoms with E-state index in [-0.39, 0.29) is 17.2 Å². The summed E-state index contributed by atoms with van der Waals surface area (Å²) in [7, 11) is -2.64. The van der Waals surface area contributed by atoms with E-state index in [1.165, 1.54) is 60.5 Å². The normalized spacial score (nSPS) is 20.0. The molecule has 1 heterocycles. The molecule has 1 aliphatic heterocycles. The van der Waals surface area contributed by atoms with Crippen molar-refractivity contribution in [3.8, 4) is 0 Å². The van der Waals surface area contributed by atoms with Gasteiger partial charge in [-0.05, 0) is 42.0 Å². The van der Waals surface area contributed by atoms with Gasteiger partial charge < -0.3 is 9.64 Å². The van der Waals surface area contributed by atoms with E-state index < -0.39 is 33.8 Å². The fourth-order valence-corrected chi connectivity index (χ4v) is 3.75. The summed E-state index contributed by atoms with van der Waals surface area (Å²) in [6.07, 6.45) is -0.0777. The summed E-state index contributed by atoms with van der Waals surface area (Å²) in [4.78, 5) is 26.1. The lowest BCUT2D eigenvalue weighted by Crippen LogP contribution is -2.31. The average molecular weight is 392 g/mol. The number of primary sulfonamides is 1. The quantitative estimate of drug-likeness (QED) is 0.798. The van der Waals surface area contributed by atoms with Crippen molar-refractivity contribution in [1.29, 1.82) is 0 Å². The molecule has 2 N–H and O–H groups in total. The molecule has 0 radical (unpaired) electrons. The number of esters is 1. The van der Waals surface area contributed by atoms with Crippen molar-refractivity contribution >= 4 is 27.6 Å². The minimum atomic E-state index is -3.87. The van der Waals surface area contributed by atoms with Gasteiger partial charge in [0.05, 0.1) is 24.0 Å². The zero-order valence-electron chi connectivity index (χ0n) is 14.3. The van der Waals surface area contributed by atoms with E-state index in [1.807, 2.05) is 0 Å². The van der Waals surface area contributed by atoms with Crippen LogP contribution in [0.3, 0.4) is 0 Å². The van der Waals surface area contributed by atoms with Crippen LogP contribution < -0.4 is 10.0 Å². The fourth-order valence-electron chi connectivity index (χ4n) is 3.24. The monoisotopic (exact) mass is 392 g/mol. The lowest BCUT2D eigenvalue weighted by Gasteiger charge is -2.28. The summed E-state index contributed by atoms with van der Waals surface area (Å²) < 4.78 is 41.0. The molecule has 2 aromatic carbocycles. The number of carbonyl (C=O) groups is 2. The SMILES string of the molecule is COC(=O)[C@@H]1CC(=O)N(c2ccc(S(N)(=O)=O)cc2)[C@H]1c1ccc(F)cc1. The Morgan fingerprint density at radius 3 is 2.26 bits per heavy atom. The molecular weight excluding hydrogens is 375 g/mol. The summed E-state index contributed by atoms with van der Waals surface area (Å²) in [5, 5.41) is 5.09. The van der Waals surface area contributed by atoms with E-state index in [4.69, 9.17) is 9.88 Å². The van der Waals surface area contributed by atoms with Crippen LogP contribution in [0, 0.1) is 11.7 Å². The summed E-state index contributed by atoms with van der Waals surface area (Å²) in [6.45, 7) is 0. The number of nitrogens with zero attached hydrogens (tertiary/aromatic N) is 1. The average Bonchev–Trinajstić information content (AvgIpc) is 2.98. The molecule has 0 aliphatic carbocycles. The van der Waals surface area contributed by atoms with E-state index in [9.17, 15) is 22.4 Å². The van der Waals surface area contributed by atoms with E-state index in [0.29, 0.717) is 11.3 Å². The summed E-state index contributed by atoms with van der Waals surface area (Å²) in [6, 6.07) is 10.2. The van der Waals surface area contributed by atoms with Gasteiger partial charge in [-0.1, -0.05) is 12.1 Å². The molecule has 2 atom stereocenters. The van der Waals surface area contributed by atoms with Gasteiger partial charge in [0.2, 0.25) is 15.9 Å². The van der Waals surface area contributed by atoms with Crippen LogP contribution in [-0.4, -0.2) is 27.4 Å². The number of nitrogens with two attached hydrogens (primary N) is 1. The Morgan fingerprint density at radius 1 is 1.15 bits per heavy atom. The number of hydrogen-bond acceptors (Lipinski definition) is 5. The molecule has 142 valence electrons. The number of carbonyl (C=O) groups excluding carboxylic acids is 2. The second-order valence-corrected chi connectivity index (χ2v) is 7.69. The third-order valence-electron chi connectivity index (χ3n) is 4.48. The summed E-state index contributed by atoms with van der Waals surface area (Å²) >= 11 is 0. The number of halogens is 1. The van der Waals surface area contributed by atoms with Gasteiger partial charge in [-0.3, -0.25) is 9.59 Å². The predicted molar refractivity (Wildman–Crippen MR) is 94.6 cm³/mol. The molecule has 1 aliphatic rings. The molecule has 27 heavy (non-hydrogen) atoms. The lowest BCUT2D eigenvalue weighted by molar-refractivity contribution is -0.146. The second-order valence-electron chi connectivity index (χ2n) is 6.13. The van der Waals surface area contributed by atoms with Gasteiger partial charge in [0.1, 0.15) is 5.82 Å². The largest absolute Gasteiger partial charge is 0.469 e. The number of methoxy groups -OCH3 is 1. The van der Waals surface area contributed by atoms with E-state index in [2.05, 4.69) is 0 Å². The number of rotatable bonds is 4. The Balaban J connectivity index is 2.06. The number of sulfonamides is 1. The van der Waals surface area contributed by atoms with Crippen molar-refractivity contribution in [2.45, 2.75) is 17.4 Å². The minimum Gasteiger partial charge on any atom is -0.469 e. The Bertz CT molecular complexity index is 974. The molecule has 0 bridgehead atoms. The first kappa shape index (κ1) is 19.0. The van der Waals surface area contributed by atoms with Gasteiger partial charge in [0.15, 0.2) is 0 Å². The Labute approximate surface area is 155 Å². The molecule has 9 heteroatoms. The molecular formula is C18H17FN2O5S. The molecule has 1 saturated heterocycles. The maximum atomic E-state index is 13.3. The Morgan fingerprint density at radius 2 is 1.74 bits per heavy atom. The van der Waals surface area contributed by atoms with Gasteiger partial charge >= 0.3 is 5.97 Å². The van der Waals surface area contributed by atoms with Crippen molar-refractivity contribution in [1.82, 2.24) is 0 Å². The van der Waals surface area contributed by atoms with Crippen LogP contribution in [0.4, 0.5) is 10.1 Å². The van der Waals surface area contributed by atoms with Crippen LogP contribution in [-0.2, 0) is 24.3 Å². The van der Waals surface area contributed by atoms with Gasteiger partial charge in [0.25, 0.3) is 0 Å². The van der Waals surface area contributed by atoms with Crippen molar-refractivity contribution in [2.24, 2.45) is 11.1 Å². The Hall–Kier alpha value is -2.78. The van der Waals surface area contributed by atoms with Crippen LogP contribution in [0.5, 0.6) is 0 Å². The zero-order chi connectivity index (χ0) is 19.8. The maximum absolute atomic E-state index is 13.3. The number of anilines is 1. The Kier molecular flexibility index (Phi) is 4.99. The fraction of sp³-hybridized carbons (Fsp3) is 0.222. The molecule has 2 aromatic rings. The zero-order valence-corrected chi connectivity index (χ0v) is 15.1. The van der Waals surface area contributed by atoms with Crippen LogP contribution >= 0.6 is 0 Å². The summed E-state index contributed by atoms with van der Waals surface area (Å²) in [5.41, 5.74) is 0.960. The first-order chi connectivity index (χ1) is 12.7.